The molecule has 1 aliphatic carbocycles. The zero-order chi connectivity index (χ0) is 27.7. The van der Waals surface area contributed by atoms with E-state index in [0.717, 1.165) is 10.9 Å². The lowest BCUT2D eigenvalue weighted by atomic mass is 10.1. The number of likely N-dealkylation sites (tertiary alicyclic amines) is 1. The minimum atomic E-state index is -1.18. The van der Waals surface area contributed by atoms with Crippen LogP contribution in [0.5, 0.6) is 11.5 Å². The van der Waals surface area contributed by atoms with Crippen molar-refractivity contribution in [2.75, 3.05) is 20.8 Å². The van der Waals surface area contributed by atoms with Gasteiger partial charge in [0.05, 0.1) is 32.0 Å². The highest BCUT2D eigenvalue weighted by molar-refractivity contribution is 6.57. The molecule has 2 fully saturated rings. The lowest BCUT2D eigenvalue weighted by Crippen LogP contribution is -2.53. The normalized spacial score (nSPS) is 23.6. The van der Waals surface area contributed by atoms with Crippen LogP contribution in [0.4, 0.5) is 4.79 Å². The van der Waals surface area contributed by atoms with Crippen LogP contribution in [0.2, 0.25) is 0 Å². The zero-order valence-corrected chi connectivity index (χ0v) is 21.8. The standard InChI is InChI=1S/C29H28BN3O6/c1-4-18-15-29(18,27(35)38-3)32-26(34)24-13-20(16-33(24)28(30)36)39-25-14-22(17-8-6-5-7-9-17)31-23-12-19(37-2)10-11-21(23)25/h4-12,14,18,20,24H,1,13,15-16H2,2-3H3,(H,32,34)/t18?,20-,24+,29+/m1/s1. The van der Waals surface area contributed by atoms with Crippen LogP contribution in [0.1, 0.15) is 12.8 Å². The summed E-state index contributed by atoms with van der Waals surface area (Å²) in [6, 6.07) is 16.1. The smallest absolute Gasteiger partial charge is 0.332 e. The molecule has 5 rings (SSSR count). The van der Waals surface area contributed by atoms with Crippen LogP contribution in [0.3, 0.4) is 0 Å². The van der Waals surface area contributed by atoms with Crippen molar-refractivity contribution >= 4 is 36.4 Å². The predicted octanol–water partition coefficient (Wildman–Crippen LogP) is 3.25. The molecule has 2 aliphatic rings. The molecule has 4 atom stereocenters. The van der Waals surface area contributed by atoms with E-state index in [1.54, 1.807) is 13.2 Å². The number of methoxy groups -OCH3 is 2. The summed E-state index contributed by atoms with van der Waals surface area (Å²) in [5.74, 6) is -0.842. The molecule has 39 heavy (non-hydrogen) atoms. The van der Waals surface area contributed by atoms with Crippen molar-refractivity contribution in [3.63, 3.8) is 0 Å². The Bertz CT molecular complexity index is 1450. The molecule has 2 heterocycles. The molecule has 2 aromatic carbocycles. The lowest BCUT2D eigenvalue weighted by molar-refractivity contribution is -0.147. The molecule has 2 amide bonds. The topological polar surface area (TPSA) is 107 Å². The molecule has 1 unspecified atom stereocenters. The number of hydrogen-bond donors (Lipinski definition) is 1. The Kier molecular flexibility index (Phi) is 7.03. The first-order valence-corrected chi connectivity index (χ1v) is 12.6. The second-order valence-corrected chi connectivity index (χ2v) is 9.74. The highest BCUT2D eigenvalue weighted by Gasteiger charge is 2.61. The maximum atomic E-state index is 13.3. The molecule has 2 radical (unpaired) electrons. The number of rotatable bonds is 8. The number of hydrogen-bond acceptors (Lipinski definition) is 7. The summed E-state index contributed by atoms with van der Waals surface area (Å²) in [7, 11) is 8.50. The number of pyridine rings is 1. The van der Waals surface area contributed by atoms with Crippen molar-refractivity contribution in [1.29, 1.82) is 0 Å². The number of benzene rings is 2. The number of nitrogens with one attached hydrogen (secondary N) is 1. The summed E-state index contributed by atoms with van der Waals surface area (Å²) in [4.78, 5) is 44.1. The van der Waals surface area contributed by atoms with Crippen molar-refractivity contribution in [1.82, 2.24) is 15.2 Å². The van der Waals surface area contributed by atoms with Gasteiger partial charge in [-0.25, -0.2) is 9.78 Å². The summed E-state index contributed by atoms with van der Waals surface area (Å²) < 4.78 is 16.7. The molecule has 1 N–H and O–H groups in total. The van der Waals surface area contributed by atoms with Gasteiger partial charge in [-0.1, -0.05) is 36.4 Å². The van der Waals surface area contributed by atoms with Gasteiger partial charge in [-0.15, -0.1) is 6.58 Å². The second kappa shape index (κ2) is 10.4. The molecular formula is C29H28BN3O6. The summed E-state index contributed by atoms with van der Waals surface area (Å²) in [6.07, 6.45) is 1.64. The van der Waals surface area contributed by atoms with E-state index in [-0.39, 0.29) is 18.9 Å². The van der Waals surface area contributed by atoms with Crippen molar-refractivity contribution < 1.29 is 28.6 Å². The quantitative estimate of drug-likeness (QED) is 0.273. The third kappa shape index (κ3) is 4.94. The second-order valence-electron chi connectivity index (χ2n) is 9.74. The number of carbonyl (C=O) groups is 3. The zero-order valence-electron chi connectivity index (χ0n) is 21.8. The van der Waals surface area contributed by atoms with Crippen LogP contribution in [-0.2, 0) is 14.3 Å². The lowest BCUT2D eigenvalue weighted by Gasteiger charge is -2.25. The van der Waals surface area contributed by atoms with Gasteiger partial charge in [0, 0.05) is 35.4 Å². The molecule has 10 heteroatoms. The van der Waals surface area contributed by atoms with Gasteiger partial charge < -0.3 is 24.4 Å². The molecule has 1 saturated heterocycles. The fraction of sp³-hybridized carbons (Fsp3) is 0.310. The van der Waals surface area contributed by atoms with E-state index in [1.165, 1.54) is 12.0 Å². The van der Waals surface area contributed by atoms with Gasteiger partial charge in [-0.05, 0) is 18.6 Å². The van der Waals surface area contributed by atoms with Crippen molar-refractivity contribution in [3.8, 4) is 22.8 Å². The maximum absolute atomic E-state index is 13.3. The average Bonchev–Trinajstić information content (AvgIpc) is 3.50. The predicted molar refractivity (Wildman–Crippen MR) is 146 cm³/mol. The Balaban J connectivity index is 1.43. The minimum Gasteiger partial charge on any atom is -0.497 e. The largest absolute Gasteiger partial charge is 0.497 e. The highest BCUT2D eigenvalue weighted by atomic mass is 16.5. The number of ether oxygens (including phenoxy) is 3. The van der Waals surface area contributed by atoms with Gasteiger partial charge in [-0.3, -0.25) is 9.59 Å². The van der Waals surface area contributed by atoms with E-state index in [4.69, 9.17) is 27.0 Å². The summed E-state index contributed by atoms with van der Waals surface area (Å²) in [5.41, 5.74) is 1.10. The van der Waals surface area contributed by atoms with Crippen LogP contribution in [0.25, 0.3) is 22.2 Å². The number of fused-ring (bicyclic) bond motifs is 1. The maximum Gasteiger partial charge on any atom is 0.332 e. The average molecular weight is 525 g/mol. The van der Waals surface area contributed by atoms with E-state index >= 15 is 0 Å². The molecular weight excluding hydrogens is 497 g/mol. The van der Waals surface area contributed by atoms with Crippen LogP contribution in [0.15, 0.2) is 67.3 Å². The number of amides is 2. The molecule has 1 aromatic heterocycles. The fourth-order valence-corrected chi connectivity index (χ4v) is 5.20. The van der Waals surface area contributed by atoms with E-state index in [2.05, 4.69) is 11.9 Å². The minimum absolute atomic E-state index is 0.101. The third-order valence-electron chi connectivity index (χ3n) is 7.39. The van der Waals surface area contributed by atoms with E-state index in [0.29, 0.717) is 29.1 Å². The summed E-state index contributed by atoms with van der Waals surface area (Å²) in [6.45, 7) is 3.83. The molecule has 0 spiro atoms. The first kappa shape index (κ1) is 26.3. The molecule has 3 aromatic rings. The van der Waals surface area contributed by atoms with Crippen LogP contribution in [-0.4, -0.2) is 73.9 Å². The van der Waals surface area contributed by atoms with Gasteiger partial charge in [0.15, 0.2) is 5.81 Å². The SMILES string of the molecule is [B]C(=O)N1C[C@H](Oc2cc(-c3ccccc3)nc3cc(OC)ccc23)C[C@H]1C(=O)N[C@@]1(C(=O)OC)CC1C=C. The Morgan fingerprint density at radius 1 is 1.15 bits per heavy atom. The Morgan fingerprint density at radius 3 is 2.56 bits per heavy atom. The van der Waals surface area contributed by atoms with Gasteiger partial charge in [0.2, 0.25) is 13.8 Å². The molecule has 1 aliphatic heterocycles. The van der Waals surface area contributed by atoms with Gasteiger partial charge in [-0.2, -0.15) is 0 Å². The molecule has 0 bridgehead atoms. The molecule has 9 nitrogen and oxygen atoms in total. The summed E-state index contributed by atoms with van der Waals surface area (Å²) >= 11 is 0. The van der Waals surface area contributed by atoms with Crippen LogP contribution >= 0.6 is 0 Å². The Hall–Kier alpha value is -4.34. The molecule has 198 valence electrons. The van der Waals surface area contributed by atoms with Crippen LogP contribution in [0, 0.1) is 5.92 Å². The number of esters is 1. The van der Waals surface area contributed by atoms with E-state index in [1.807, 2.05) is 54.6 Å². The summed E-state index contributed by atoms with van der Waals surface area (Å²) in [5, 5.41) is 3.54. The monoisotopic (exact) mass is 525 g/mol. The fourth-order valence-electron chi connectivity index (χ4n) is 5.20. The highest BCUT2D eigenvalue weighted by Crippen LogP contribution is 2.45. The van der Waals surface area contributed by atoms with E-state index in [9.17, 15) is 14.4 Å². The van der Waals surface area contributed by atoms with Gasteiger partial charge in [0.1, 0.15) is 29.2 Å². The first-order chi connectivity index (χ1) is 18.8. The Labute approximate surface area is 227 Å². The van der Waals surface area contributed by atoms with Crippen molar-refractivity contribution in [2.24, 2.45) is 5.92 Å². The van der Waals surface area contributed by atoms with Gasteiger partial charge >= 0.3 is 5.97 Å². The van der Waals surface area contributed by atoms with E-state index < -0.39 is 35.4 Å². The van der Waals surface area contributed by atoms with Crippen molar-refractivity contribution in [3.05, 3.63) is 67.3 Å². The van der Waals surface area contributed by atoms with Gasteiger partial charge in [0.25, 0.3) is 0 Å². The first-order valence-electron chi connectivity index (χ1n) is 12.6. The van der Waals surface area contributed by atoms with Crippen molar-refractivity contribution in [2.45, 2.75) is 30.5 Å². The van der Waals surface area contributed by atoms with Crippen LogP contribution < -0.4 is 14.8 Å². The number of aromatic nitrogens is 1. The Morgan fingerprint density at radius 2 is 1.92 bits per heavy atom. The molecule has 1 saturated carbocycles. The number of nitrogens with zero attached hydrogens (tertiary/aromatic N) is 2. The number of carbonyl (C=O) groups excluding carboxylic acids is 3. The third-order valence-corrected chi connectivity index (χ3v) is 7.39.